The number of hydrogen-bond donors (Lipinski definition) is 0. The molecule has 276 valence electrons. The summed E-state index contributed by atoms with van der Waals surface area (Å²) >= 11 is 0. The van der Waals surface area contributed by atoms with Crippen LogP contribution in [-0.4, -0.2) is 4.57 Å². The number of fused-ring (bicyclic) bond motifs is 9. The SMILES string of the molecule is c1cc(-c2ccc3ccccc3c2)cc(N(c2cccc(-n3c4ccccc4c4ccccc43)c2)c2ccccc2-c2cccc3oc4c5ccccc5ccc4c23)c1. The fourth-order valence-electron chi connectivity index (χ4n) is 9.27. The molecule has 0 atom stereocenters. The van der Waals surface area contributed by atoms with Crippen LogP contribution in [0.2, 0.25) is 0 Å². The van der Waals surface area contributed by atoms with E-state index in [1.54, 1.807) is 0 Å². The van der Waals surface area contributed by atoms with Crippen molar-refractivity contribution in [2.45, 2.75) is 0 Å². The van der Waals surface area contributed by atoms with Crippen LogP contribution in [0.25, 0.3) is 93.2 Å². The molecule has 0 aliphatic heterocycles. The van der Waals surface area contributed by atoms with Gasteiger partial charge in [-0.2, -0.15) is 0 Å². The maximum absolute atomic E-state index is 6.70. The van der Waals surface area contributed by atoms with E-state index in [9.17, 15) is 0 Å². The Labute approximate surface area is 341 Å². The van der Waals surface area contributed by atoms with Crippen molar-refractivity contribution >= 4 is 82.4 Å². The van der Waals surface area contributed by atoms with Crippen LogP contribution in [0.1, 0.15) is 0 Å². The van der Waals surface area contributed by atoms with Gasteiger partial charge in [-0.05, 0) is 99.6 Å². The van der Waals surface area contributed by atoms with Gasteiger partial charge in [0.25, 0.3) is 0 Å². The zero-order chi connectivity index (χ0) is 38.9. The van der Waals surface area contributed by atoms with Gasteiger partial charge in [0.05, 0.1) is 16.7 Å². The molecule has 0 aliphatic carbocycles. The molecule has 0 unspecified atom stereocenters. The van der Waals surface area contributed by atoms with E-state index < -0.39 is 0 Å². The first-order chi connectivity index (χ1) is 29.3. The molecule has 0 saturated heterocycles. The predicted octanol–water partition coefficient (Wildman–Crippen LogP) is 15.8. The third-order valence-corrected chi connectivity index (χ3v) is 11.9. The highest BCUT2D eigenvalue weighted by Crippen LogP contribution is 2.46. The summed E-state index contributed by atoms with van der Waals surface area (Å²) in [6.07, 6.45) is 0. The van der Waals surface area contributed by atoms with Crippen LogP contribution in [-0.2, 0) is 0 Å². The van der Waals surface area contributed by atoms with Gasteiger partial charge in [-0.3, -0.25) is 0 Å². The summed E-state index contributed by atoms with van der Waals surface area (Å²) < 4.78 is 9.10. The van der Waals surface area contributed by atoms with Gasteiger partial charge >= 0.3 is 0 Å². The molecule has 0 spiro atoms. The topological polar surface area (TPSA) is 21.3 Å². The third kappa shape index (κ3) is 5.36. The van der Waals surface area contributed by atoms with Crippen LogP contribution in [0.4, 0.5) is 17.1 Å². The van der Waals surface area contributed by atoms with Crippen LogP contribution in [0.5, 0.6) is 0 Å². The summed E-state index contributed by atoms with van der Waals surface area (Å²) in [5.41, 5.74) is 13.0. The summed E-state index contributed by atoms with van der Waals surface area (Å²) in [5.74, 6) is 0. The molecule has 59 heavy (non-hydrogen) atoms. The van der Waals surface area contributed by atoms with Gasteiger partial charge in [0.1, 0.15) is 11.2 Å². The van der Waals surface area contributed by atoms with E-state index in [1.807, 2.05) is 0 Å². The summed E-state index contributed by atoms with van der Waals surface area (Å²) in [5, 5.41) is 9.46. The Morgan fingerprint density at radius 1 is 0.373 bits per heavy atom. The van der Waals surface area contributed by atoms with E-state index in [2.05, 4.69) is 228 Å². The standard InChI is InChI=1S/C56H36N2O/c1-2-16-39-34-41(31-30-37(39)14-1)40-17-11-18-42(35-40)57(43-19-12-20-44(36-43)58-52-27-9-5-22-46(52)47-23-6-10-28-53(47)58)51-26-8-7-24-48(51)49-25-13-29-54-55(49)50-33-32-38-15-3-4-21-45(38)56(50)59-54/h1-36H. The van der Waals surface area contributed by atoms with E-state index in [0.717, 1.165) is 66.8 Å². The van der Waals surface area contributed by atoms with Crippen LogP contribution in [0.15, 0.2) is 223 Å². The van der Waals surface area contributed by atoms with Crippen LogP contribution in [0.3, 0.4) is 0 Å². The molecule has 2 aromatic heterocycles. The largest absolute Gasteiger partial charge is 0.455 e. The van der Waals surface area contributed by atoms with Crippen molar-refractivity contribution in [1.82, 2.24) is 4.57 Å². The van der Waals surface area contributed by atoms with Gasteiger partial charge in [-0.15, -0.1) is 0 Å². The van der Waals surface area contributed by atoms with Gasteiger partial charge in [-0.1, -0.05) is 152 Å². The molecular formula is C56H36N2O. The maximum Gasteiger partial charge on any atom is 0.143 e. The molecule has 12 rings (SSSR count). The fourth-order valence-corrected chi connectivity index (χ4v) is 9.27. The van der Waals surface area contributed by atoms with E-state index in [1.165, 1.54) is 43.5 Å². The Bertz CT molecular complexity index is 3540. The fraction of sp³-hybridized carbons (Fsp3) is 0. The lowest BCUT2D eigenvalue weighted by molar-refractivity contribution is 0.673. The molecule has 0 fully saturated rings. The van der Waals surface area contributed by atoms with Crippen molar-refractivity contribution < 1.29 is 4.42 Å². The second-order valence-corrected chi connectivity index (χ2v) is 15.3. The summed E-state index contributed by atoms with van der Waals surface area (Å²) in [6.45, 7) is 0. The number of hydrogen-bond acceptors (Lipinski definition) is 2. The lowest BCUT2D eigenvalue weighted by Gasteiger charge is -2.29. The first-order valence-corrected chi connectivity index (χ1v) is 20.2. The molecule has 0 N–H and O–H groups in total. The van der Waals surface area contributed by atoms with Gasteiger partial charge in [0, 0.05) is 49.6 Å². The first kappa shape index (κ1) is 33.3. The van der Waals surface area contributed by atoms with Crippen molar-refractivity contribution in [2.24, 2.45) is 0 Å². The molecule has 12 aromatic rings. The molecule has 0 aliphatic rings. The van der Waals surface area contributed by atoms with E-state index in [4.69, 9.17) is 4.42 Å². The van der Waals surface area contributed by atoms with Crippen LogP contribution >= 0.6 is 0 Å². The zero-order valence-electron chi connectivity index (χ0n) is 32.1. The average Bonchev–Trinajstić information content (AvgIpc) is 3.86. The minimum atomic E-state index is 0.877. The molecule has 0 bridgehead atoms. The van der Waals surface area contributed by atoms with E-state index >= 15 is 0 Å². The summed E-state index contributed by atoms with van der Waals surface area (Å²) in [7, 11) is 0. The molecule has 3 nitrogen and oxygen atoms in total. The van der Waals surface area contributed by atoms with Gasteiger partial charge in [0.2, 0.25) is 0 Å². The number of rotatable bonds is 6. The Morgan fingerprint density at radius 2 is 0.983 bits per heavy atom. The minimum absolute atomic E-state index is 0.877. The normalized spacial score (nSPS) is 11.7. The highest BCUT2D eigenvalue weighted by atomic mass is 16.3. The molecule has 3 heteroatoms. The lowest BCUT2D eigenvalue weighted by Crippen LogP contribution is -2.12. The molecule has 10 aromatic carbocycles. The molecule has 0 saturated carbocycles. The van der Waals surface area contributed by atoms with Gasteiger partial charge < -0.3 is 13.9 Å². The minimum Gasteiger partial charge on any atom is -0.455 e. The van der Waals surface area contributed by atoms with Crippen molar-refractivity contribution in [3.63, 3.8) is 0 Å². The van der Waals surface area contributed by atoms with E-state index in [0.29, 0.717) is 0 Å². The Kier molecular flexibility index (Phi) is 7.54. The number of aromatic nitrogens is 1. The first-order valence-electron chi connectivity index (χ1n) is 20.2. The smallest absolute Gasteiger partial charge is 0.143 e. The monoisotopic (exact) mass is 752 g/mol. The van der Waals surface area contributed by atoms with Crippen LogP contribution < -0.4 is 4.90 Å². The van der Waals surface area contributed by atoms with Crippen molar-refractivity contribution in [2.75, 3.05) is 4.90 Å². The van der Waals surface area contributed by atoms with E-state index in [-0.39, 0.29) is 0 Å². The number of benzene rings is 10. The second-order valence-electron chi connectivity index (χ2n) is 15.3. The molecule has 2 heterocycles. The summed E-state index contributed by atoms with van der Waals surface area (Å²) in [6, 6.07) is 78.8. The van der Waals surface area contributed by atoms with Crippen molar-refractivity contribution in [3.05, 3.63) is 218 Å². The Morgan fingerprint density at radius 3 is 1.81 bits per heavy atom. The quantitative estimate of drug-likeness (QED) is 0.169. The zero-order valence-corrected chi connectivity index (χ0v) is 32.1. The van der Waals surface area contributed by atoms with Gasteiger partial charge in [0.15, 0.2) is 0 Å². The van der Waals surface area contributed by atoms with Crippen molar-refractivity contribution in [1.29, 1.82) is 0 Å². The number of nitrogens with zero attached hydrogens (tertiary/aromatic N) is 2. The Hall–Kier alpha value is -7.88. The van der Waals surface area contributed by atoms with Crippen molar-refractivity contribution in [3.8, 4) is 27.9 Å². The number of anilines is 3. The summed E-state index contributed by atoms with van der Waals surface area (Å²) in [4.78, 5) is 2.42. The molecular weight excluding hydrogens is 717 g/mol. The number of para-hydroxylation sites is 3. The lowest BCUT2D eigenvalue weighted by atomic mass is 9.96. The average molecular weight is 753 g/mol. The van der Waals surface area contributed by atoms with Crippen LogP contribution in [0, 0.1) is 0 Å². The highest BCUT2D eigenvalue weighted by molar-refractivity contribution is 6.20. The molecule has 0 amide bonds. The second kappa shape index (κ2) is 13.4. The number of furan rings is 1. The highest BCUT2D eigenvalue weighted by Gasteiger charge is 2.22. The third-order valence-electron chi connectivity index (χ3n) is 11.9. The predicted molar refractivity (Wildman–Crippen MR) is 249 cm³/mol. The maximum atomic E-state index is 6.70. The van der Waals surface area contributed by atoms with Gasteiger partial charge in [-0.25, -0.2) is 0 Å². The molecule has 0 radical (unpaired) electrons. The Balaban J connectivity index is 1.10.